The van der Waals surface area contributed by atoms with Crippen LogP contribution in [0, 0.1) is 21.4 Å². The monoisotopic (exact) mass is 395 g/mol. The van der Waals surface area contributed by atoms with E-state index >= 15 is 0 Å². The van der Waals surface area contributed by atoms with Crippen molar-refractivity contribution in [2.45, 2.75) is 26.8 Å². The number of nitriles is 1. The predicted molar refractivity (Wildman–Crippen MR) is 105 cm³/mol. The molecule has 0 bridgehead atoms. The quantitative estimate of drug-likeness (QED) is 0.399. The summed E-state index contributed by atoms with van der Waals surface area (Å²) in [6.07, 6.45) is 0. The van der Waals surface area contributed by atoms with Crippen LogP contribution in [0.5, 0.6) is 0 Å². The maximum Gasteiger partial charge on any atom is 0.338 e. The molecule has 2 aromatic rings. The molecular weight excluding hydrogens is 374 g/mol. The molecule has 1 amide bonds. The van der Waals surface area contributed by atoms with Crippen LogP contribution in [-0.2, 0) is 4.74 Å². The van der Waals surface area contributed by atoms with Crippen molar-refractivity contribution in [2.75, 3.05) is 13.2 Å². The average molecular weight is 395 g/mol. The summed E-state index contributed by atoms with van der Waals surface area (Å²) in [5, 5.41) is 20.2. The molecule has 0 radical (unpaired) electrons. The number of nitrogens with zero attached hydrogens (tertiary/aromatic N) is 3. The van der Waals surface area contributed by atoms with Gasteiger partial charge in [-0.2, -0.15) is 5.26 Å². The van der Waals surface area contributed by atoms with Crippen LogP contribution in [0.2, 0.25) is 0 Å². The SMILES string of the molecule is CCOC(=O)c1cc(C(=O)N(CC)C(C)c2ccc(C#N)cc2)cc([N+](=O)[O-])c1. The molecule has 8 heteroatoms. The van der Waals surface area contributed by atoms with Crippen molar-refractivity contribution in [3.63, 3.8) is 0 Å². The van der Waals surface area contributed by atoms with E-state index in [1.807, 2.05) is 13.0 Å². The third kappa shape index (κ3) is 4.96. The van der Waals surface area contributed by atoms with Crippen molar-refractivity contribution >= 4 is 17.6 Å². The summed E-state index contributed by atoms with van der Waals surface area (Å²) in [7, 11) is 0. The van der Waals surface area contributed by atoms with Crippen LogP contribution in [0.4, 0.5) is 5.69 Å². The number of esters is 1. The molecule has 0 heterocycles. The van der Waals surface area contributed by atoms with Gasteiger partial charge in [0.25, 0.3) is 11.6 Å². The highest BCUT2D eigenvalue weighted by atomic mass is 16.6. The molecule has 150 valence electrons. The van der Waals surface area contributed by atoms with Crippen molar-refractivity contribution in [2.24, 2.45) is 0 Å². The van der Waals surface area contributed by atoms with Crippen LogP contribution in [-0.4, -0.2) is 34.9 Å². The first kappa shape index (κ1) is 21.6. The van der Waals surface area contributed by atoms with E-state index in [4.69, 9.17) is 10.00 Å². The molecule has 0 fully saturated rings. The molecule has 0 saturated heterocycles. The number of hydrogen-bond donors (Lipinski definition) is 0. The number of rotatable bonds is 7. The maximum absolute atomic E-state index is 13.1. The first-order valence-corrected chi connectivity index (χ1v) is 9.10. The van der Waals surface area contributed by atoms with Gasteiger partial charge in [0.15, 0.2) is 0 Å². The molecule has 0 aliphatic carbocycles. The number of non-ortho nitro benzene ring substituents is 1. The third-order valence-corrected chi connectivity index (χ3v) is 4.48. The minimum absolute atomic E-state index is 0.0320. The second-order valence-corrected chi connectivity index (χ2v) is 6.25. The first-order valence-electron chi connectivity index (χ1n) is 9.10. The van der Waals surface area contributed by atoms with E-state index in [0.717, 1.165) is 17.7 Å². The van der Waals surface area contributed by atoms with Gasteiger partial charge in [-0.1, -0.05) is 12.1 Å². The van der Waals surface area contributed by atoms with E-state index in [-0.39, 0.29) is 29.5 Å². The Bertz CT molecular complexity index is 963. The number of carbonyl (C=O) groups excluding carboxylic acids is 2. The standard InChI is InChI=1S/C21H21N3O5/c1-4-23(14(3)16-8-6-15(13-22)7-9-16)20(25)17-10-18(21(26)29-5-2)12-19(11-17)24(27)28/h6-12,14H,4-5H2,1-3H3. The van der Waals surface area contributed by atoms with Gasteiger partial charge in [-0.3, -0.25) is 14.9 Å². The van der Waals surface area contributed by atoms with Crippen molar-refractivity contribution in [3.8, 4) is 6.07 Å². The second-order valence-electron chi connectivity index (χ2n) is 6.25. The lowest BCUT2D eigenvalue weighted by atomic mass is 10.0. The van der Waals surface area contributed by atoms with Gasteiger partial charge in [-0.25, -0.2) is 4.79 Å². The van der Waals surface area contributed by atoms with Gasteiger partial charge in [0.1, 0.15) is 0 Å². The largest absolute Gasteiger partial charge is 0.462 e. The molecule has 0 N–H and O–H groups in total. The average Bonchev–Trinajstić information content (AvgIpc) is 2.73. The first-order chi connectivity index (χ1) is 13.8. The van der Waals surface area contributed by atoms with E-state index in [2.05, 4.69) is 0 Å². The highest BCUT2D eigenvalue weighted by molar-refractivity contribution is 5.99. The Morgan fingerprint density at radius 2 is 1.79 bits per heavy atom. The van der Waals surface area contributed by atoms with Gasteiger partial charge in [-0.05, 0) is 44.5 Å². The fourth-order valence-corrected chi connectivity index (χ4v) is 2.95. The van der Waals surface area contributed by atoms with Crippen LogP contribution < -0.4 is 0 Å². The molecule has 1 unspecified atom stereocenters. The summed E-state index contributed by atoms with van der Waals surface area (Å²) in [5.41, 5.74) is 0.945. The van der Waals surface area contributed by atoms with Gasteiger partial charge in [-0.15, -0.1) is 0 Å². The summed E-state index contributed by atoms with van der Waals surface area (Å²) in [5.74, 6) is -1.17. The summed E-state index contributed by atoms with van der Waals surface area (Å²) in [6, 6.07) is 12.1. The van der Waals surface area contributed by atoms with Gasteiger partial charge in [0.2, 0.25) is 0 Å². The molecule has 2 rings (SSSR count). The Balaban J connectivity index is 2.42. The van der Waals surface area contributed by atoms with Crippen LogP contribution >= 0.6 is 0 Å². The number of amides is 1. The third-order valence-electron chi connectivity index (χ3n) is 4.48. The molecule has 0 spiro atoms. The van der Waals surface area contributed by atoms with Crippen LogP contribution in [0.3, 0.4) is 0 Å². The molecule has 0 aliphatic heterocycles. The zero-order chi connectivity index (χ0) is 21.6. The lowest BCUT2D eigenvalue weighted by Gasteiger charge is -2.28. The summed E-state index contributed by atoms with van der Waals surface area (Å²) in [6.45, 7) is 5.70. The Morgan fingerprint density at radius 3 is 2.31 bits per heavy atom. The van der Waals surface area contributed by atoms with Gasteiger partial charge in [0.05, 0.1) is 34.8 Å². The van der Waals surface area contributed by atoms with E-state index < -0.39 is 16.8 Å². The molecule has 1 atom stereocenters. The van der Waals surface area contributed by atoms with Crippen LogP contribution in [0.1, 0.15) is 58.7 Å². The van der Waals surface area contributed by atoms with Crippen molar-refractivity contribution < 1.29 is 19.2 Å². The van der Waals surface area contributed by atoms with Gasteiger partial charge in [0, 0.05) is 24.2 Å². The maximum atomic E-state index is 13.1. The Kier molecular flexibility index (Phi) is 7.04. The Hall–Kier alpha value is -3.73. The molecule has 8 nitrogen and oxygen atoms in total. The number of carbonyl (C=O) groups is 2. The molecule has 0 saturated carbocycles. The predicted octanol–water partition coefficient (Wildman–Crippen LogP) is 3.87. The topological polar surface area (TPSA) is 114 Å². The van der Waals surface area contributed by atoms with Crippen LogP contribution in [0.15, 0.2) is 42.5 Å². The van der Waals surface area contributed by atoms with E-state index in [1.165, 1.54) is 11.0 Å². The van der Waals surface area contributed by atoms with Gasteiger partial charge < -0.3 is 9.64 Å². The summed E-state index contributed by atoms with van der Waals surface area (Å²) < 4.78 is 4.91. The molecular formula is C21H21N3O5. The fraction of sp³-hybridized carbons (Fsp3) is 0.286. The van der Waals surface area contributed by atoms with E-state index in [9.17, 15) is 19.7 Å². The summed E-state index contributed by atoms with van der Waals surface area (Å²) in [4.78, 5) is 37.3. The lowest BCUT2D eigenvalue weighted by molar-refractivity contribution is -0.384. The molecule has 0 aromatic heterocycles. The highest BCUT2D eigenvalue weighted by Gasteiger charge is 2.25. The molecule has 0 aliphatic rings. The summed E-state index contributed by atoms with van der Waals surface area (Å²) >= 11 is 0. The number of ether oxygens (including phenoxy) is 1. The second kappa shape index (κ2) is 9.46. The Morgan fingerprint density at radius 1 is 1.17 bits per heavy atom. The number of benzene rings is 2. The molecule has 2 aromatic carbocycles. The zero-order valence-electron chi connectivity index (χ0n) is 16.4. The van der Waals surface area contributed by atoms with Crippen molar-refractivity contribution in [1.29, 1.82) is 5.26 Å². The zero-order valence-corrected chi connectivity index (χ0v) is 16.4. The van der Waals surface area contributed by atoms with Gasteiger partial charge >= 0.3 is 5.97 Å². The van der Waals surface area contributed by atoms with Crippen molar-refractivity contribution in [1.82, 2.24) is 4.90 Å². The van der Waals surface area contributed by atoms with E-state index in [1.54, 1.807) is 38.1 Å². The van der Waals surface area contributed by atoms with Crippen LogP contribution in [0.25, 0.3) is 0 Å². The highest BCUT2D eigenvalue weighted by Crippen LogP contribution is 2.25. The minimum Gasteiger partial charge on any atom is -0.462 e. The van der Waals surface area contributed by atoms with E-state index in [0.29, 0.717) is 12.1 Å². The Labute approximate surface area is 168 Å². The number of hydrogen-bond acceptors (Lipinski definition) is 6. The number of nitro groups is 1. The fourth-order valence-electron chi connectivity index (χ4n) is 2.95. The smallest absolute Gasteiger partial charge is 0.338 e. The minimum atomic E-state index is -0.728. The molecule has 29 heavy (non-hydrogen) atoms. The lowest BCUT2D eigenvalue weighted by Crippen LogP contribution is -2.33. The van der Waals surface area contributed by atoms with Crippen molar-refractivity contribution in [3.05, 3.63) is 74.8 Å². The number of nitro benzene ring substituents is 1. The normalized spacial score (nSPS) is 11.2.